The minimum Gasteiger partial charge on any atom is -0.364 e. The predicted molar refractivity (Wildman–Crippen MR) is 82.6 cm³/mol. The monoisotopic (exact) mass is 387 g/mol. The van der Waals surface area contributed by atoms with Gasteiger partial charge in [0.25, 0.3) is 11.5 Å². The first-order chi connectivity index (χ1) is 9.38. The lowest BCUT2D eigenvalue weighted by Crippen LogP contribution is -2.26. The summed E-state index contributed by atoms with van der Waals surface area (Å²) >= 11 is 1.99. The minimum atomic E-state index is -0.726. The molecule has 0 aliphatic carbocycles. The molecule has 0 saturated heterocycles. The molecule has 2 rings (SSSR count). The third-order valence-electron chi connectivity index (χ3n) is 2.73. The molecule has 1 aromatic heterocycles. The van der Waals surface area contributed by atoms with Gasteiger partial charge in [0.1, 0.15) is 11.5 Å². The van der Waals surface area contributed by atoms with Gasteiger partial charge < -0.3 is 15.6 Å². The summed E-state index contributed by atoms with van der Waals surface area (Å²) in [5, 5.41) is 2.76. The average Bonchev–Trinajstić information content (AvgIpc) is 2.36. The van der Waals surface area contributed by atoms with Crippen molar-refractivity contribution < 1.29 is 9.18 Å². The van der Waals surface area contributed by atoms with Crippen molar-refractivity contribution in [3.63, 3.8) is 0 Å². The normalized spacial score (nSPS) is 10.3. The SMILES string of the molecule is Cn1c(C(N)=O)cc(Nc2ccc(I)cc2F)cc1=O. The molecule has 5 nitrogen and oxygen atoms in total. The molecule has 104 valence electrons. The zero-order valence-corrected chi connectivity index (χ0v) is 12.6. The fourth-order valence-corrected chi connectivity index (χ4v) is 2.14. The molecule has 0 aliphatic rings. The molecule has 0 spiro atoms. The number of nitrogens with one attached hydrogen (secondary N) is 1. The number of nitrogens with two attached hydrogens (primary N) is 1. The second kappa shape index (κ2) is 5.61. The fraction of sp³-hybridized carbons (Fsp3) is 0.0769. The van der Waals surface area contributed by atoms with Crippen LogP contribution in [-0.2, 0) is 7.05 Å². The summed E-state index contributed by atoms with van der Waals surface area (Å²) in [6.45, 7) is 0. The Balaban J connectivity index is 2.44. The lowest BCUT2D eigenvalue weighted by Gasteiger charge is -2.11. The predicted octanol–water partition coefficient (Wildman–Crippen LogP) is 1.97. The van der Waals surface area contributed by atoms with Gasteiger partial charge in [0.15, 0.2) is 0 Å². The number of hydrogen-bond acceptors (Lipinski definition) is 3. The lowest BCUT2D eigenvalue weighted by molar-refractivity contribution is 0.0991. The largest absolute Gasteiger partial charge is 0.364 e. The number of carbonyl (C=O) groups is 1. The Kier molecular flexibility index (Phi) is 4.07. The highest BCUT2D eigenvalue weighted by Crippen LogP contribution is 2.21. The Morgan fingerprint density at radius 1 is 1.35 bits per heavy atom. The average molecular weight is 387 g/mol. The van der Waals surface area contributed by atoms with E-state index >= 15 is 0 Å². The summed E-state index contributed by atoms with van der Waals surface area (Å²) in [4.78, 5) is 23.0. The standard InChI is InChI=1S/C13H11FIN3O2/c1-18-11(13(16)20)5-8(6-12(18)19)17-10-3-2-7(15)4-9(10)14/h2-6,17H,1H3,(H2,16,20). The summed E-state index contributed by atoms with van der Waals surface area (Å²) < 4.78 is 15.6. The quantitative estimate of drug-likeness (QED) is 0.791. The molecular weight excluding hydrogens is 376 g/mol. The van der Waals surface area contributed by atoms with Gasteiger partial charge in [-0.25, -0.2) is 4.39 Å². The Morgan fingerprint density at radius 2 is 2.05 bits per heavy atom. The molecule has 1 amide bonds. The molecule has 1 aromatic carbocycles. The van der Waals surface area contributed by atoms with Crippen LogP contribution in [0, 0.1) is 9.39 Å². The van der Waals surface area contributed by atoms with E-state index < -0.39 is 17.3 Å². The number of primary amides is 1. The molecule has 0 saturated carbocycles. The number of nitrogens with zero attached hydrogens (tertiary/aromatic N) is 1. The zero-order valence-electron chi connectivity index (χ0n) is 10.5. The summed E-state index contributed by atoms with van der Waals surface area (Å²) in [6.07, 6.45) is 0. The van der Waals surface area contributed by atoms with Crippen LogP contribution in [0.15, 0.2) is 35.1 Å². The van der Waals surface area contributed by atoms with Gasteiger partial charge in [0, 0.05) is 22.4 Å². The Morgan fingerprint density at radius 3 is 2.65 bits per heavy atom. The number of benzene rings is 1. The van der Waals surface area contributed by atoms with Crippen LogP contribution in [0.4, 0.5) is 15.8 Å². The maximum absolute atomic E-state index is 13.7. The highest BCUT2D eigenvalue weighted by atomic mass is 127. The molecular formula is C13H11FIN3O2. The molecule has 7 heteroatoms. The van der Waals surface area contributed by atoms with Crippen molar-refractivity contribution in [1.29, 1.82) is 0 Å². The Labute approximate surface area is 127 Å². The summed E-state index contributed by atoms with van der Waals surface area (Å²) in [5.41, 5.74) is 5.36. The Hall–Kier alpha value is -1.90. The van der Waals surface area contributed by atoms with Crippen LogP contribution >= 0.6 is 22.6 Å². The lowest BCUT2D eigenvalue weighted by atomic mass is 10.2. The first-order valence-electron chi connectivity index (χ1n) is 5.61. The molecule has 1 heterocycles. The number of rotatable bonds is 3. The third-order valence-corrected chi connectivity index (χ3v) is 3.40. The van der Waals surface area contributed by atoms with Crippen molar-refractivity contribution in [2.75, 3.05) is 5.32 Å². The van der Waals surface area contributed by atoms with Crippen LogP contribution < -0.4 is 16.6 Å². The van der Waals surface area contributed by atoms with Crippen molar-refractivity contribution in [3.05, 3.63) is 55.8 Å². The van der Waals surface area contributed by atoms with Gasteiger partial charge in [-0.05, 0) is 46.9 Å². The van der Waals surface area contributed by atoms with Crippen LogP contribution in [0.25, 0.3) is 0 Å². The second-order valence-corrected chi connectivity index (χ2v) is 5.39. The van der Waals surface area contributed by atoms with Gasteiger partial charge in [-0.15, -0.1) is 0 Å². The topological polar surface area (TPSA) is 77.1 Å². The van der Waals surface area contributed by atoms with E-state index in [1.807, 2.05) is 22.6 Å². The van der Waals surface area contributed by atoms with E-state index in [9.17, 15) is 14.0 Å². The number of pyridine rings is 1. The van der Waals surface area contributed by atoms with Gasteiger partial charge in [-0.3, -0.25) is 9.59 Å². The van der Waals surface area contributed by atoms with Gasteiger partial charge in [-0.2, -0.15) is 0 Å². The van der Waals surface area contributed by atoms with Gasteiger partial charge in [-0.1, -0.05) is 0 Å². The molecule has 0 bridgehead atoms. The van der Waals surface area contributed by atoms with Crippen LogP contribution in [0.2, 0.25) is 0 Å². The van der Waals surface area contributed by atoms with E-state index in [1.54, 1.807) is 12.1 Å². The van der Waals surface area contributed by atoms with Crippen molar-refractivity contribution >= 4 is 39.9 Å². The van der Waals surface area contributed by atoms with Gasteiger partial charge >= 0.3 is 0 Å². The number of aromatic nitrogens is 1. The molecule has 0 atom stereocenters. The molecule has 0 aliphatic heterocycles. The molecule has 2 aromatic rings. The van der Waals surface area contributed by atoms with Crippen molar-refractivity contribution in [3.8, 4) is 0 Å². The number of anilines is 2. The third kappa shape index (κ3) is 2.98. The van der Waals surface area contributed by atoms with Crippen LogP contribution in [0.3, 0.4) is 0 Å². The van der Waals surface area contributed by atoms with E-state index in [0.717, 1.165) is 8.14 Å². The van der Waals surface area contributed by atoms with E-state index in [-0.39, 0.29) is 11.4 Å². The minimum absolute atomic E-state index is 0.0471. The highest BCUT2D eigenvalue weighted by molar-refractivity contribution is 14.1. The van der Waals surface area contributed by atoms with Crippen molar-refractivity contribution in [2.45, 2.75) is 0 Å². The zero-order chi connectivity index (χ0) is 14.9. The van der Waals surface area contributed by atoms with Crippen molar-refractivity contribution in [1.82, 2.24) is 4.57 Å². The molecule has 20 heavy (non-hydrogen) atoms. The van der Waals surface area contributed by atoms with E-state index in [0.29, 0.717) is 5.69 Å². The van der Waals surface area contributed by atoms with Crippen molar-refractivity contribution in [2.24, 2.45) is 12.8 Å². The van der Waals surface area contributed by atoms with Crippen LogP contribution in [-0.4, -0.2) is 10.5 Å². The number of halogens is 2. The number of amides is 1. The molecule has 0 fully saturated rings. The molecule has 3 N–H and O–H groups in total. The fourth-order valence-electron chi connectivity index (χ4n) is 1.69. The van der Waals surface area contributed by atoms with Crippen LogP contribution in [0.1, 0.15) is 10.5 Å². The van der Waals surface area contributed by atoms with E-state index in [2.05, 4.69) is 5.32 Å². The first kappa shape index (κ1) is 14.5. The van der Waals surface area contributed by atoms with Gasteiger partial charge in [0.2, 0.25) is 0 Å². The second-order valence-electron chi connectivity index (χ2n) is 4.14. The van der Waals surface area contributed by atoms with Crippen LogP contribution in [0.5, 0.6) is 0 Å². The summed E-state index contributed by atoms with van der Waals surface area (Å²) in [6, 6.07) is 7.31. The highest BCUT2D eigenvalue weighted by Gasteiger charge is 2.10. The number of hydrogen-bond donors (Lipinski definition) is 2. The summed E-state index contributed by atoms with van der Waals surface area (Å²) in [7, 11) is 1.44. The maximum atomic E-state index is 13.7. The molecule has 0 unspecified atom stereocenters. The smallest absolute Gasteiger partial charge is 0.265 e. The molecule has 0 radical (unpaired) electrons. The summed E-state index contributed by atoms with van der Waals surface area (Å²) in [5.74, 6) is -1.17. The number of carbonyl (C=O) groups excluding carboxylic acids is 1. The Bertz CT molecular complexity index is 743. The van der Waals surface area contributed by atoms with E-state index in [4.69, 9.17) is 5.73 Å². The van der Waals surface area contributed by atoms with E-state index in [1.165, 1.54) is 25.2 Å². The van der Waals surface area contributed by atoms with Gasteiger partial charge in [0.05, 0.1) is 5.69 Å². The first-order valence-corrected chi connectivity index (χ1v) is 6.69. The maximum Gasteiger partial charge on any atom is 0.265 e.